The van der Waals surface area contributed by atoms with Crippen LogP contribution in [-0.2, 0) is 4.79 Å². The maximum Gasteiger partial charge on any atom is 0.220 e. The van der Waals surface area contributed by atoms with Crippen LogP contribution in [-0.4, -0.2) is 12.5 Å². The maximum atomic E-state index is 10.5. The molecule has 0 aromatic carbocycles. The number of carbonyl (C=O) groups excluding carboxylic acids is 1. The third-order valence-electron chi connectivity index (χ3n) is 1.41. The maximum absolute atomic E-state index is 10.5. The van der Waals surface area contributed by atoms with Crippen molar-refractivity contribution in [2.75, 3.05) is 6.54 Å². The van der Waals surface area contributed by atoms with E-state index in [0.29, 0.717) is 13.0 Å². The first-order valence-corrected chi connectivity index (χ1v) is 3.21. The summed E-state index contributed by atoms with van der Waals surface area (Å²) in [5.41, 5.74) is 10.3. The molecule has 54 valence electrons. The van der Waals surface area contributed by atoms with Crippen LogP contribution in [0.1, 0.15) is 19.8 Å². The molecule has 0 saturated carbocycles. The fraction of sp³-hybridized carbons (Fsp3) is 0.833. The number of nitrogens with two attached hydrogens (primary N) is 2. The molecule has 3 heteroatoms. The van der Waals surface area contributed by atoms with Crippen molar-refractivity contribution in [1.29, 1.82) is 0 Å². The molecular weight excluding hydrogens is 116 g/mol. The van der Waals surface area contributed by atoms with Gasteiger partial charge in [-0.2, -0.15) is 0 Å². The molecule has 0 aliphatic rings. The Morgan fingerprint density at radius 3 is 2.33 bits per heavy atom. The minimum atomic E-state index is -0.233. The van der Waals surface area contributed by atoms with E-state index in [4.69, 9.17) is 11.5 Å². The summed E-state index contributed by atoms with van der Waals surface area (Å²) in [7, 11) is 0. The van der Waals surface area contributed by atoms with Crippen molar-refractivity contribution in [2.24, 2.45) is 17.4 Å². The van der Waals surface area contributed by atoms with E-state index >= 15 is 0 Å². The van der Waals surface area contributed by atoms with Gasteiger partial charge in [-0.3, -0.25) is 4.79 Å². The van der Waals surface area contributed by atoms with E-state index < -0.39 is 0 Å². The molecule has 1 unspecified atom stereocenters. The molecule has 0 aliphatic carbocycles. The summed E-state index contributed by atoms with van der Waals surface area (Å²) in [4.78, 5) is 10.5. The highest BCUT2D eigenvalue weighted by Gasteiger charge is 2.09. The zero-order valence-electron chi connectivity index (χ0n) is 5.76. The van der Waals surface area contributed by atoms with Crippen LogP contribution in [0.15, 0.2) is 0 Å². The second kappa shape index (κ2) is 4.32. The van der Waals surface area contributed by atoms with Gasteiger partial charge in [-0.05, 0) is 19.4 Å². The Hall–Kier alpha value is -0.570. The van der Waals surface area contributed by atoms with Gasteiger partial charge in [-0.25, -0.2) is 0 Å². The molecule has 0 aromatic heterocycles. The van der Waals surface area contributed by atoms with Crippen molar-refractivity contribution in [2.45, 2.75) is 19.8 Å². The van der Waals surface area contributed by atoms with Crippen LogP contribution in [0.4, 0.5) is 0 Å². The number of rotatable bonds is 4. The molecular formula is C6H14N2O. The molecule has 9 heavy (non-hydrogen) atoms. The Bertz CT molecular complexity index is 93.1. The van der Waals surface area contributed by atoms with Gasteiger partial charge in [-0.15, -0.1) is 0 Å². The predicted molar refractivity (Wildman–Crippen MR) is 36.6 cm³/mol. The van der Waals surface area contributed by atoms with Crippen molar-refractivity contribution in [3.63, 3.8) is 0 Å². The largest absolute Gasteiger partial charge is 0.369 e. The predicted octanol–water partition coefficient (Wildman–Crippen LogP) is -0.153. The van der Waals surface area contributed by atoms with Crippen molar-refractivity contribution in [1.82, 2.24) is 0 Å². The van der Waals surface area contributed by atoms with Gasteiger partial charge in [-0.1, -0.05) is 6.92 Å². The first kappa shape index (κ1) is 8.43. The van der Waals surface area contributed by atoms with E-state index in [1.54, 1.807) is 0 Å². The number of primary amides is 1. The van der Waals surface area contributed by atoms with E-state index in [-0.39, 0.29) is 11.8 Å². The summed E-state index contributed by atoms with van der Waals surface area (Å²) < 4.78 is 0. The molecule has 0 heterocycles. The van der Waals surface area contributed by atoms with Crippen LogP contribution in [0.5, 0.6) is 0 Å². The molecule has 0 radical (unpaired) electrons. The molecule has 0 bridgehead atoms. The molecule has 0 aliphatic heterocycles. The molecule has 0 aromatic rings. The van der Waals surface area contributed by atoms with Gasteiger partial charge in [0.1, 0.15) is 0 Å². The van der Waals surface area contributed by atoms with Crippen molar-refractivity contribution < 1.29 is 4.79 Å². The summed E-state index contributed by atoms with van der Waals surface area (Å²) in [6.45, 7) is 2.48. The molecule has 0 spiro atoms. The fourth-order valence-corrected chi connectivity index (χ4v) is 0.749. The van der Waals surface area contributed by atoms with Crippen LogP contribution in [0, 0.1) is 5.92 Å². The Labute approximate surface area is 55.4 Å². The SMILES string of the molecule is CCC(CCN)C(N)=O. The summed E-state index contributed by atoms with van der Waals surface area (Å²) in [6, 6.07) is 0. The Balaban J connectivity index is 3.54. The summed E-state index contributed by atoms with van der Waals surface area (Å²) in [5.74, 6) is -0.252. The molecule has 3 nitrogen and oxygen atoms in total. The van der Waals surface area contributed by atoms with E-state index in [2.05, 4.69) is 0 Å². The lowest BCUT2D eigenvalue weighted by molar-refractivity contribution is -0.122. The average Bonchev–Trinajstić information content (AvgIpc) is 1.82. The Kier molecular flexibility index (Phi) is 4.05. The van der Waals surface area contributed by atoms with Gasteiger partial charge in [0.15, 0.2) is 0 Å². The molecule has 1 atom stereocenters. The highest BCUT2D eigenvalue weighted by atomic mass is 16.1. The summed E-state index contributed by atoms with van der Waals surface area (Å²) in [5, 5.41) is 0. The fourth-order valence-electron chi connectivity index (χ4n) is 0.749. The third kappa shape index (κ3) is 3.08. The van der Waals surface area contributed by atoms with Crippen molar-refractivity contribution in [3.05, 3.63) is 0 Å². The lowest BCUT2D eigenvalue weighted by atomic mass is 10.0. The van der Waals surface area contributed by atoms with Crippen LogP contribution < -0.4 is 11.5 Å². The first-order chi connectivity index (χ1) is 4.22. The second-order valence-corrected chi connectivity index (χ2v) is 2.08. The lowest BCUT2D eigenvalue weighted by Crippen LogP contribution is -2.24. The summed E-state index contributed by atoms with van der Waals surface area (Å²) in [6.07, 6.45) is 1.51. The van der Waals surface area contributed by atoms with E-state index in [1.165, 1.54) is 0 Å². The third-order valence-corrected chi connectivity index (χ3v) is 1.41. The molecule has 0 fully saturated rings. The van der Waals surface area contributed by atoms with Crippen LogP contribution in [0.2, 0.25) is 0 Å². The monoisotopic (exact) mass is 130 g/mol. The normalized spacial score (nSPS) is 13.1. The van der Waals surface area contributed by atoms with Gasteiger partial charge < -0.3 is 11.5 Å². The minimum absolute atomic E-state index is 0.0185. The molecule has 0 saturated heterocycles. The minimum Gasteiger partial charge on any atom is -0.369 e. The molecule has 1 amide bonds. The smallest absolute Gasteiger partial charge is 0.220 e. The van der Waals surface area contributed by atoms with Crippen LogP contribution in [0.3, 0.4) is 0 Å². The number of carbonyl (C=O) groups is 1. The quantitative estimate of drug-likeness (QED) is 0.555. The Morgan fingerprint density at radius 1 is 1.67 bits per heavy atom. The van der Waals surface area contributed by atoms with Crippen LogP contribution in [0.25, 0.3) is 0 Å². The van der Waals surface area contributed by atoms with Gasteiger partial charge in [0.25, 0.3) is 0 Å². The van der Waals surface area contributed by atoms with Crippen molar-refractivity contribution in [3.8, 4) is 0 Å². The van der Waals surface area contributed by atoms with Gasteiger partial charge >= 0.3 is 0 Å². The lowest BCUT2D eigenvalue weighted by Gasteiger charge is -2.06. The van der Waals surface area contributed by atoms with E-state index in [9.17, 15) is 4.79 Å². The summed E-state index contributed by atoms with van der Waals surface area (Å²) >= 11 is 0. The number of amides is 1. The molecule has 0 rings (SSSR count). The second-order valence-electron chi connectivity index (χ2n) is 2.08. The average molecular weight is 130 g/mol. The van der Waals surface area contributed by atoms with E-state index in [1.807, 2.05) is 6.92 Å². The van der Waals surface area contributed by atoms with Gasteiger partial charge in [0, 0.05) is 5.92 Å². The van der Waals surface area contributed by atoms with Gasteiger partial charge in [0.2, 0.25) is 5.91 Å². The zero-order valence-corrected chi connectivity index (χ0v) is 5.76. The molecule has 4 N–H and O–H groups in total. The van der Waals surface area contributed by atoms with E-state index in [0.717, 1.165) is 6.42 Å². The topological polar surface area (TPSA) is 69.1 Å². The van der Waals surface area contributed by atoms with Crippen molar-refractivity contribution >= 4 is 5.91 Å². The standard InChI is InChI=1S/C6H14N2O/c1-2-5(3-4-7)6(8)9/h5H,2-4,7H2,1H3,(H2,8,9). The Morgan fingerprint density at radius 2 is 2.22 bits per heavy atom. The number of hydrogen-bond donors (Lipinski definition) is 2. The highest BCUT2D eigenvalue weighted by Crippen LogP contribution is 2.04. The van der Waals surface area contributed by atoms with Crippen LogP contribution >= 0.6 is 0 Å². The zero-order chi connectivity index (χ0) is 7.28. The highest BCUT2D eigenvalue weighted by molar-refractivity contribution is 5.76. The first-order valence-electron chi connectivity index (χ1n) is 3.21. The number of hydrogen-bond acceptors (Lipinski definition) is 2. The van der Waals surface area contributed by atoms with Gasteiger partial charge in [0.05, 0.1) is 0 Å².